The summed E-state index contributed by atoms with van der Waals surface area (Å²) >= 11 is 0. The van der Waals surface area contributed by atoms with Gasteiger partial charge in [0.1, 0.15) is 29.6 Å². The van der Waals surface area contributed by atoms with Gasteiger partial charge in [0.2, 0.25) is 0 Å². The third-order valence-electron chi connectivity index (χ3n) is 4.05. The minimum Gasteiger partial charge on any atom is -0.497 e. The molecule has 0 saturated carbocycles. The first-order valence-electron chi connectivity index (χ1n) is 8.72. The Balaban J connectivity index is 1.64. The summed E-state index contributed by atoms with van der Waals surface area (Å²) in [5.41, 5.74) is 1.49. The van der Waals surface area contributed by atoms with Crippen LogP contribution in [0.1, 0.15) is 11.1 Å². The second-order valence-corrected chi connectivity index (χ2v) is 5.91. The van der Waals surface area contributed by atoms with E-state index in [1.807, 2.05) is 30.3 Å². The van der Waals surface area contributed by atoms with Gasteiger partial charge in [-0.3, -0.25) is 9.78 Å². The molecule has 6 heteroatoms. The van der Waals surface area contributed by atoms with Crippen LogP contribution in [0.15, 0.2) is 67.0 Å². The molecule has 3 aromatic rings. The van der Waals surface area contributed by atoms with E-state index in [1.54, 1.807) is 50.9 Å². The van der Waals surface area contributed by atoms with Crippen LogP contribution < -0.4 is 14.2 Å². The maximum atomic E-state index is 12.3. The Bertz CT molecular complexity index is 927. The molecule has 0 radical (unpaired) electrons. The first kappa shape index (κ1) is 19.2. The van der Waals surface area contributed by atoms with E-state index in [2.05, 4.69) is 4.98 Å². The van der Waals surface area contributed by atoms with Gasteiger partial charge in [-0.15, -0.1) is 0 Å². The summed E-state index contributed by atoms with van der Waals surface area (Å²) in [6.07, 6.45) is 3.39. The van der Waals surface area contributed by atoms with E-state index in [9.17, 15) is 4.79 Å². The van der Waals surface area contributed by atoms with Crippen LogP contribution in [0.3, 0.4) is 0 Å². The van der Waals surface area contributed by atoms with E-state index >= 15 is 0 Å². The summed E-state index contributed by atoms with van der Waals surface area (Å²) in [4.78, 5) is 16.3. The average molecular weight is 379 g/mol. The number of nitrogens with zero attached hydrogens (tertiary/aromatic N) is 1. The highest BCUT2D eigenvalue weighted by atomic mass is 16.5. The molecule has 0 spiro atoms. The molecular formula is C22H21NO5. The maximum Gasteiger partial charge on any atom is 0.310 e. The van der Waals surface area contributed by atoms with Crippen molar-refractivity contribution in [3.63, 3.8) is 0 Å². The number of aromatic nitrogens is 1. The monoisotopic (exact) mass is 379 g/mol. The summed E-state index contributed by atoms with van der Waals surface area (Å²) in [6.45, 7) is 0.105. The van der Waals surface area contributed by atoms with Gasteiger partial charge in [0, 0.05) is 23.4 Å². The zero-order chi connectivity index (χ0) is 19.8. The fourth-order valence-corrected chi connectivity index (χ4v) is 2.62. The number of hydrogen-bond acceptors (Lipinski definition) is 6. The zero-order valence-corrected chi connectivity index (χ0v) is 15.8. The van der Waals surface area contributed by atoms with Crippen LogP contribution in [-0.4, -0.2) is 25.2 Å². The highest BCUT2D eigenvalue weighted by molar-refractivity contribution is 5.73. The predicted molar refractivity (Wildman–Crippen MR) is 104 cm³/mol. The molecule has 3 rings (SSSR count). The number of benzene rings is 2. The normalized spacial score (nSPS) is 10.2. The predicted octanol–water partition coefficient (Wildman–Crippen LogP) is 4.18. The molecule has 2 aromatic carbocycles. The summed E-state index contributed by atoms with van der Waals surface area (Å²) in [5.74, 6) is 2.11. The lowest BCUT2D eigenvalue weighted by atomic mass is 10.1. The van der Waals surface area contributed by atoms with Gasteiger partial charge in [0.15, 0.2) is 0 Å². The number of carbonyl (C=O) groups is 1. The maximum absolute atomic E-state index is 12.3. The van der Waals surface area contributed by atoms with Crippen molar-refractivity contribution in [2.45, 2.75) is 13.0 Å². The molecule has 0 N–H and O–H groups in total. The number of ether oxygens (including phenoxy) is 4. The van der Waals surface area contributed by atoms with Crippen molar-refractivity contribution in [1.29, 1.82) is 0 Å². The van der Waals surface area contributed by atoms with Crippen molar-refractivity contribution in [1.82, 2.24) is 4.98 Å². The number of hydrogen-bond donors (Lipinski definition) is 0. The van der Waals surface area contributed by atoms with Crippen molar-refractivity contribution < 1.29 is 23.7 Å². The quantitative estimate of drug-likeness (QED) is 0.547. The first-order chi connectivity index (χ1) is 13.7. The molecule has 0 aliphatic rings. The fraction of sp³-hybridized carbons (Fsp3) is 0.182. The van der Waals surface area contributed by atoms with Crippen LogP contribution >= 0.6 is 0 Å². The van der Waals surface area contributed by atoms with Gasteiger partial charge < -0.3 is 18.9 Å². The number of methoxy groups -OCH3 is 2. The number of carbonyl (C=O) groups excluding carboxylic acids is 1. The van der Waals surface area contributed by atoms with Crippen LogP contribution in [0, 0.1) is 0 Å². The standard InChI is InChI=1S/C22H21NO5/c1-25-18-10-9-16(21(13-18)26-2)12-22(24)27-15-17-6-3-4-8-20(17)28-19-7-5-11-23-14-19/h3-11,13-14H,12,15H2,1-2H3. The Labute approximate surface area is 163 Å². The van der Waals surface area contributed by atoms with Gasteiger partial charge in [-0.05, 0) is 24.3 Å². The van der Waals surface area contributed by atoms with E-state index in [0.717, 1.165) is 11.1 Å². The van der Waals surface area contributed by atoms with E-state index in [-0.39, 0.29) is 19.0 Å². The second kappa shape index (κ2) is 9.41. The largest absolute Gasteiger partial charge is 0.497 e. The van der Waals surface area contributed by atoms with Gasteiger partial charge in [0.05, 0.1) is 26.8 Å². The Kier molecular flexibility index (Phi) is 6.46. The van der Waals surface area contributed by atoms with E-state index < -0.39 is 0 Å². The third-order valence-corrected chi connectivity index (χ3v) is 4.05. The van der Waals surface area contributed by atoms with E-state index in [0.29, 0.717) is 23.0 Å². The molecule has 28 heavy (non-hydrogen) atoms. The second-order valence-electron chi connectivity index (χ2n) is 5.91. The Morgan fingerprint density at radius 3 is 2.50 bits per heavy atom. The molecule has 0 fully saturated rings. The Morgan fingerprint density at radius 2 is 1.75 bits per heavy atom. The molecule has 0 saturated heterocycles. The topological polar surface area (TPSA) is 66.9 Å². The van der Waals surface area contributed by atoms with Crippen molar-refractivity contribution in [2.24, 2.45) is 0 Å². The van der Waals surface area contributed by atoms with Gasteiger partial charge in [-0.2, -0.15) is 0 Å². The van der Waals surface area contributed by atoms with Crippen LogP contribution in [0.5, 0.6) is 23.0 Å². The first-order valence-corrected chi connectivity index (χ1v) is 8.72. The van der Waals surface area contributed by atoms with Crippen LogP contribution in [-0.2, 0) is 22.6 Å². The minimum atomic E-state index is -0.361. The average Bonchev–Trinajstić information content (AvgIpc) is 2.74. The van der Waals surface area contributed by atoms with E-state index in [4.69, 9.17) is 18.9 Å². The van der Waals surface area contributed by atoms with Crippen LogP contribution in [0.4, 0.5) is 0 Å². The number of pyridine rings is 1. The number of rotatable bonds is 8. The van der Waals surface area contributed by atoms with Gasteiger partial charge in [-0.25, -0.2) is 0 Å². The highest BCUT2D eigenvalue weighted by Crippen LogP contribution is 2.27. The summed E-state index contributed by atoms with van der Waals surface area (Å²) in [6, 6.07) is 16.3. The fourth-order valence-electron chi connectivity index (χ4n) is 2.62. The molecule has 1 aromatic heterocycles. The highest BCUT2D eigenvalue weighted by Gasteiger charge is 2.13. The Morgan fingerprint density at radius 1 is 0.893 bits per heavy atom. The number of para-hydroxylation sites is 1. The zero-order valence-electron chi connectivity index (χ0n) is 15.8. The molecular weight excluding hydrogens is 358 g/mol. The lowest BCUT2D eigenvalue weighted by Gasteiger charge is -2.12. The molecule has 0 bridgehead atoms. The summed E-state index contributed by atoms with van der Waals surface area (Å²) in [7, 11) is 3.13. The molecule has 0 aliphatic heterocycles. The van der Waals surface area contributed by atoms with Crippen LogP contribution in [0.2, 0.25) is 0 Å². The third kappa shape index (κ3) is 5.01. The van der Waals surface area contributed by atoms with Crippen molar-refractivity contribution in [3.05, 3.63) is 78.1 Å². The van der Waals surface area contributed by atoms with Crippen LogP contribution in [0.25, 0.3) is 0 Å². The molecule has 1 heterocycles. The lowest BCUT2D eigenvalue weighted by Crippen LogP contribution is -2.09. The van der Waals surface area contributed by atoms with Gasteiger partial charge in [0.25, 0.3) is 0 Å². The molecule has 0 atom stereocenters. The van der Waals surface area contributed by atoms with Crippen molar-refractivity contribution in [3.8, 4) is 23.0 Å². The molecule has 0 aliphatic carbocycles. The van der Waals surface area contributed by atoms with Gasteiger partial charge >= 0.3 is 5.97 Å². The smallest absolute Gasteiger partial charge is 0.310 e. The summed E-state index contributed by atoms with van der Waals surface area (Å²) in [5, 5.41) is 0. The minimum absolute atomic E-state index is 0.0960. The van der Waals surface area contributed by atoms with Crippen molar-refractivity contribution >= 4 is 5.97 Å². The molecule has 0 amide bonds. The molecule has 144 valence electrons. The SMILES string of the molecule is COc1ccc(CC(=O)OCc2ccccc2Oc2cccnc2)c(OC)c1. The van der Waals surface area contributed by atoms with Gasteiger partial charge in [-0.1, -0.05) is 24.3 Å². The molecule has 6 nitrogen and oxygen atoms in total. The summed E-state index contributed by atoms with van der Waals surface area (Å²) < 4.78 is 21.8. The lowest BCUT2D eigenvalue weighted by molar-refractivity contribution is -0.144. The van der Waals surface area contributed by atoms with E-state index in [1.165, 1.54) is 0 Å². The number of esters is 1. The van der Waals surface area contributed by atoms with Crippen molar-refractivity contribution in [2.75, 3.05) is 14.2 Å². The molecule has 0 unspecified atom stereocenters. The Hall–Kier alpha value is -3.54.